The second-order valence-corrected chi connectivity index (χ2v) is 4.85. The van der Waals surface area contributed by atoms with Gasteiger partial charge in [-0.15, -0.1) is 0 Å². The SMILES string of the molecule is COc1c(C)cc(O)c(-c2nc3ccccc3[nH]2)c1C. The summed E-state index contributed by atoms with van der Waals surface area (Å²) in [5.41, 5.74) is 4.29. The van der Waals surface area contributed by atoms with Gasteiger partial charge < -0.3 is 14.8 Å². The Morgan fingerprint density at radius 3 is 2.65 bits per heavy atom. The Labute approximate surface area is 117 Å². The first-order chi connectivity index (χ1) is 9.61. The van der Waals surface area contributed by atoms with E-state index in [1.165, 1.54) is 0 Å². The van der Waals surface area contributed by atoms with Crippen LogP contribution in [-0.2, 0) is 0 Å². The lowest BCUT2D eigenvalue weighted by atomic mass is 10.0. The Hall–Kier alpha value is -2.49. The van der Waals surface area contributed by atoms with E-state index in [2.05, 4.69) is 9.97 Å². The number of rotatable bonds is 2. The molecule has 0 bridgehead atoms. The molecule has 0 spiro atoms. The molecule has 2 aromatic carbocycles. The molecule has 0 unspecified atom stereocenters. The highest BCUT2D eigenvalue weighted by Gasteiger charge is 2.17. The van der Waals surface area contributed by atoms with Crippen molar-refractivity contribution in [2.75, 3.05) is 7.11 Å². The minimum absolute atomic E-state index is 0.208. The Kier molecular flexibility index (Phi) is 2.86. The molecule has 102 valence electrons. The fourth-order valence-electron chi connectivity index (χ4n) is 2.63. The van der Waals surface area contributed by atoms with Crippen LogP contribution in [0.1, 0.15) is 11.1 Å². The summed E-state index contributed by atoms with van der Waals surface area (Å²) in [7, 11) is 1.63. The molecule has 3 rings (SSSR count). The van der Waals surface area contributed by atoms with Crippen molar-refractivity contribution < 1.29 is 9.84 Å². The average molecular weight is 268 g/mol. The largest absolute Gasteiger partial charge is 0.507 e. The number of H-pyrrole nitrogens is 1. The van der Waals surface area contributed by atoms with Crippen molar-refractivity contribution in [1.82, 2.24) is 9.97 Å². The predicted molar refractivity (Wildman–Crippen MR) is 79.2 cm³/mol. The highest BCUT2D eigenvalue weighted by molar-refractivity contribution is 5.82. The number of imidazole rings is 1. The summed E-state index contributed by atoms with van der Waals surface area (Å²) in [5, 5.41) is 10.3. The van der Waals surface area contributed by atoms with Gasteiger partial charge in [-0.1, -0.05) is 12.1 Å². The minimum Gasteiger partial charge on any atom is -0.507 e. The third-order valence-corrected chi connectivity index (χ3v) is 3.51. The second kappa shape index (κ2) is 4.56. The number of aromatic hydroxyl groups is 1. The lowest BCUT2D eigenvalue weighted by Crippen LogP contribution is -1.95. The quantitative estimate of drug-likeness (QED) is 0.747. The van der Waals surface area contributed by atoms with E-state index in [1.807, 2.05) is 38.1 Å². The number of aromatic amines is 1. The first-order valence-corrected chi connectivity index (χ1v) is 6.44. The van der Waals surface area contributed by atoms with Crippen LogP contribution in [0.2, 0.25) is 0 Å². The van der Waals surface area contributed by atoms with E-state index in [9.17, 15) is 5.11 Å². The van der Waals surface area contributed by atoms with E-state index in [0.717, 1.165) is 27.9 Å². The van der Waals surface area contributed by atoms with Crippen LogP contribution in [0.5, 0.6) is 11.5 Å². The van der Waals surface area contributed by atoms with Crippen LogP contribution < -0.4 is 4.74 Å². The van der Waals surface area contributed by atoms with Gasteiger partial charge in [-0.05, 0) is 37.6 Å². The number of ether oxygens (including phenoxy) is 1. The Bertz CT molecular complexity index is 758. The van der Waals surface area contributed by atoms with Crippen LogP contribution in [0.4, 0.5) is 0 Å². The predicted octanol–water partition coefficient (Wildman–Crippen LogP) is 3.56. The van der Waals surface area contributed by atoms with Crippen LogP contribution >= 0.6 is 0 Å². The van der Waals surface area contributed by atoms with E-state index >= 15 is 0 Å². The van der Waals surface area contributed by atoms with E-state index in [0.29, 0.717) is 11.4 Å². The lowest BCUT2D eigenvalue weighted by Gasteiger charge is -2.13. The zero-order valence-electron chi connectivity index (χ0n) is 11.7. The number of aromatic nitrogens is 2. The molecular formula is C16H16N2O2. The van der Waals surface area contributed by atoms with Crippen molar-refractivity contribution >= 4 is 11.0 Å². The molecule has 0 saturated carbocycles. The molecule has 20 heavy (non-hydrogen) atoms. The summed E-state index contributed by atoms with van der Waals surface area (Å²) in [6, 6.07) is 9.49. The fraction of sp³-hybridized carbons (Fsp3) is 0.188. The molecule has 0 radical (unpaired) electrons. The van der Waals surface area contributed by atoms with Crippen LogP contribution in [0.15, 0.2) is 30.3 Å². The van der Waals surface area contributed by atoms with Crippen molar-refractivity contribution in [2.24, 2.45) is 0 Å². The van der Waals surface area contributed by atoms with Crippen molar-refractivity contribution in [3.05, 3.63) is 41.5 Å². The molecule has 2 N–H and O–H groups in total. The molecule has 3 aromatic rings. The molecule has 4 heteroatoms. The Morgan fingerprint density at radius 1 is 1.20 bits per heavy atom. The zero-order chi connectivity index (χ0) is 14.3. The Morgan fingerprint density at radius 2 is 1.95 bits per heavy atom. The molecule has 0 amide bonds. The van der Waals surface area contributed by atoms with Gasteiger partial charge in [-0.3, -0.25) is 0 Å². The number of phenols is 1. The maximum Gasteiger partial charge on any atom is 0.142 e. The molecule has 0 aliphatic carbocycles. The third kappa shape index (κ3) is 1.81. The van der Waals surface area contributed by atoms with E-state index in [-0.39, 0.29) is 5.75 Å². The maximum absolute atomic E-state index is 10.3. The topological polar surface area (TPSA) is 58.1 Å². The van der Waals surface area contributed by atoms with E-state index < -0.39 is 0 Å². The first kappa shape index (κ1) is 12.5. The van der Waals surface area contributed by atoms with Crippen LogP contribution in [0.3, 0.4) is 0 Å². The van der Waals surface area contributed by atoms with Crippen molar-refractivity contribution in [1.29, 1.82) is 0 Å². The number of aryl methyl sites for hydroxylation is 1. The number of hydrogen-bond donors (Lipinski definition) is 2. The zero-order valence-corrected chi connectivity index (χ0v) is 11.7. The van der Waals surface area contributed by atoms with Crippen molar-refractivity contribution in [2.45, 2.75) is 13.8 Å². The molecule has 0 atom stereocenters. The number of para-hydroxylation sites is 2. The van der Waals surface area contributed by atoms with E-state index in [1.54, 1.807) is 13.2 Å². The van der Waals surface area contributed by atoms with Crippen molar-refractivity contribution in [3.8, 4) is 22.9 Å². The Balaban J connectivity index is 2.28. The molecule has 4 nitrogen and oxygen atoms in total. The van der Waals surface area contributed by atoms with Gasteiger partial charge in [0, 0.05) is 5.56 Å². The standard InChI is InChI=1S/C16H16N2O2/c1-9-8-13(19)14(10(2)15(9)20-3)16-17-11-6-4-5-7-12(11)18-16/h4-8,19H,1-3H3,(H,17,18). The number of benzene rings is 2. The highest BCUT2D eigenvalue weighted by atomic mass is 16.5. The highest BCUT2D eigenvalue weighted by Crippen LogP contribution is 2.39. The molecule has 0 aliphatic rings. The van der Waals surface area contributed by atoms with Gasteiger partial charge in [-0.25, -0.2) is 4.98 Å². The number of nitrogens with zero attached hydrogens (tertiary/aromatic N) is 1. The number of fused-ring (bicyclic) bond motifs is 1. The van der Waals surface area contributed by atoms with Gasteiger partial charge in [0.25, 0.3) is 0 Å². The summed E-state index contributed by atoms with van der Waals surface area (Å²) in [4.78, 5) is 7.78. The van der Waals surface area contributed by atoms with Gasteiger partial charge in [0.2, 0.25) is 0 Å². The number of nitrogens with one attached hydrogen (secondary N) is 1. The van der Waals surface area contributed by atoms with Crippen molar-refractivity contribution in [3.63, 3.8) is 0 Å². The van der Waals surface area contributed by atoms with Gasteiger partial charge in [-0.2, -0.15) is 0 Å². The molecule has 1 heterocycles. The summed E-state index contributed by atoms with van der Waals surface area (Å²) in [6.07, 6.45) is 0. The minimum atomic E-state index is 0.208. The third-order valence-electron chi connectivity index (χ3n) is 3.51. The molecular weight excluding hydrogens is 252 g/mol. The molecule has 0 fully saturated rings. The summed E-state index contributed by atoms with van der Waals surface area (Å²) in [6.45, 7) is 3.84. The van der Waals surface area contributed by atoms with Gasteiger partial charge in [0.15, 0.2) is 0 Å². The van der Waals surface area contributed by atoms with Crippen LogP contribution in [0.25, 0.3) is 22.4 Å². The number of hydrogen-bond acceptors (Lipinski definition) is 3. The smallest absolute Gasteiger partial charge is 0.142 e. The van der Waals surface area contributed by atoms with E-state index in [4.69, 9.17) is 4.74 Å². The summed E-state index contributed by atoms with van der Waals surface area (Å²) < 4.78 is 5.41. The lowest BCUT2D eigenvalue weighted by molar-refractivity contribution is 0.406. The summed E-state index contributed by atoms with van der Waals surface area (Å²) in [5.74, 6) is 1.64. The molecule has 0 aliphatic heterocycles. The fourth-order valence-corrected chi connectivity index (χ4v) is 2.63. The number of methoxy groups -OCH3 is 1. The first-order valence-electron chi connectivity index (χ1n) is 6.44. The molecule has 1 aromatic heterocycles. The monoisotopic (exact) mass is 268 g/mol. The normalized spacial score (nSPS) is 10.9. The second-order valence-electron chi connectivity index (χ2n) is 4.85. The van der Waals surface area contributed by atoms with Gasteiger partial charge in [0.1, 0.15) is 17.3 Å². The number of phenolic OH excluding ortho intramolecular Hbond substituents is 1. The maximum atomic E-state index is 10.3. The average Bonchev–Trinajstić information content (AvgIpc) is 2.81. The van der Waals surface area contributed by atoms with Crippen LogP contribution in [-0.4, -0.2) is 22.2 Å². The van der Waals surface area contributed by atoms with Crippen LogP contribution in [0, 0.1) is 13.8 Å². The van der Waals surface area contributed by atoms with Gasteiger partial charge in [0.05, 0.1) is 23.7 Å². The van der Waals surface area contributed by atoms with Gasteiger partial charge >= 0.3 is 0 Å². The molecule has 0 saturated heterocycles. The summed E-state index contributed by atoms with van der Waals surface area (Å²) >= 11 is 0.